The number of hydrogen-bond donors (Lipinski definition) is 4. The van der Waals surface area contributed by atoms with Crippen molar-refractivity contribution in [3.05, 3.63) is 58.0 Å². The predicted molar refractivity (Wildman–Crippen MR) is 70.1 cm³/mol. The Labute approximate surface area is 112 Å². The Kier molecular flexibility index (Phi) is 3.52. The maximum atomic E-state index is 11.9. The third kappa shape index (κ3) is 2.51. The molecule has 0 saturated heterocycles. The Hall–Kier alpha value is -3.09. The summed E-state index contributed by atoms with van der Waals surface area (Å²) in [6, 6.07) is 5.08. The number of aromatic amines is 1. The number of aromatic nitrogens is 1. The zero-order valence-electron chi connectivity index (χ0n) is 10.1. The average Bonchev–Trinajstić information content (AvgIpc) is 2.41. The number of anilines is 1. The van der Waals surface area contributed by atoms with Crippen LogP contribution in [0.25, 0.3) is 0 Å². The first-order chi connectivity index (χ1) is 9.50. The molecule has 102 valence electrons. The number of benzene rings is 1. The number of carboxylic acids is 1. The quantitative estimate of drug-likeness (QED) is 0.623. The first-order valence-corrected chi connectivity index (χ1v) is 5.54. The van der Waals surface area contributed by atoms with Gasteiger partial charge in [-0.25, -0.2) is 4.79 Å². The lowest BCUT2D eigenvalue weighted by molar-refractivity contribution is 0.0693. The van der Waals surface area contributed by atoms with Gasteiger partial charge in [0.2, 0.25) is 0 Å². The zero-order chi connectivity index (χ0) is 14.7. The molecule has 0 radical (unpaired) electrons. The Morgan fingerprint density at radius 2 is 1.90 bits per heavy atom. The number of aromatic hydroxyl groups is 1. The molecule has 0 aliphatic rings. The van der Waals surface area contributed by atoms with Crippen LogP contribution in [-0.4, -0.2) is 27.1 Å². The first kappa shape index (κ1) is 13.3. The molecule has 2 aromatic rings. The van der Waals surface area contributed by atoms with Crippen molar-refractivity contribution < 1.29 is 19.8 Å². The highest BCUT2D eigenvalue weighted by Crippen LogP contribution is 2.27. The predicted octanol–water partition coefficient (Wildman–Crippen LogP) is 1.03. The minimum absolute atomic E-state index is 0.0850. The van der Waals surface area contributed by atoms with Crippen LogP contribution in [0.15, 0.2) is 41.5 Å². The lowest BCUT2D eigenvalue weighted by Crippen LogP contribution is -2.21. The number of hydrogen-bond acceptors (Lipinski definition) is 4. The van der Waals surface area contributed by atoms with E-state index in [0.29, 0.717) is 0 Å². The van der Waals surface area contributed by atoms with E-state index in [2.05, 4.69) is 10.3 Å². The van der Waals surface area contributed by atoms with Gasteiger partial charge < -0.3 is 20.5 Å². The maximum Gasteiger partial charge on any atom is 0.339 e. The van der Waals surface area contributed by atoms with Gasteiger partial charge in [-0.2, -0.15) is 0 Å². The van der Waals surface area contributed by atoms with E-state index in [0.717, 1.165) is 0 Å². The van der Waals surface area contributed by atoms with E-state index in [1.165, 1.54) is 36.7 Å². The standard InChI is InChI=1S/C13H10N2O5/c16-10-4-5-14-6-8(10)12(18)15-9-3-1-2-7(11(9)17)13(19)20/h1-6,17H,(H,14,16)(H,15,18)(H,19,20). The topological polar surface area (TPSA) is 119 Å². The van der Waals surface area contributed by atoms with Gasteiger partial charge in [0.1, 0.15) is 11.1 Å². The number of para-hydroxylation sites is 1. The monoisotopic (exact) mass is 274 g/mol. The number of pyridine rings is 1. The zero-order valence-corrected chi connectivity index (χ0v) is 10.1. The van der Waals surface area contributed by atoms with Gasteiger partial charge in [0.15, 0.2) is 11.2 Å². The molecular formula is C13H10N2O5. The molecule has 0 atom stereocenters. The van der Waals surface area contributed by atoms with Gasteiger partial charge in [-0.15, -0.1) is 0 Å². The summed E-state index contributed by atoms with van der Waals surface area (Å²) in [5, 5.41) is 20.9. The van der Waals surface area contributed by atoms with Crippen LogP contribution in [0.4, 0.5) is 5.69 Å². The van der Waals surface area contributed by atoms with E-state index < -0.39 is 23.1 Å². The van der Waals surface area contributed by atoms with Gasteiger partial charge in [0, 0.05) is 18.5 Å². The van der Waals surface area contributed by atoms with Crippen molar-refractivity contribution in [2.45, 2.75) is 0 Å². The first-order valence-electron chi connectivity index (χ1n) is 5.54. The lowest BCUT2D eigenvalue weighted by atomic mass is 10.1. The number of phenols is 1. The minimum atomic E-state index is -1.32. The minimum Gasteiger partial charge on any atom is -0.505 e. The Morgan fingerprint density at radius 3 is 2.55 bits per heavy atom. The molecule has 1 aromatic heterocycles. The van der Waals surface area contributed by atoms with E-state index in [4.69, 9.17) is 5.11 Å². The highest BCUT2D eigenvalue weighted by Gasteiger charge is 2.16. The van der Waals surface area contributed by atoms with Crippen LogP contribution in [0.3, 0.4) is 0 Å². The summed E-state index contributed by atoms with van der Waals surface area (Å²) in [5.74, 6) is -2.64. The molecule has 0 bridgehead atoms. The van der Waals surface area contributed by atoms with Crippen LogP contribution in [0, 0.1) is 0 Å². The van der Waals surface area contributed by atoms with Crippen molar-refractivity contribution in [3.63, 3.8) is 0 Å². The number of amides is 1. The van der Waals surface area contributed by atoms with Gasteiger partial charge in [0.05, 0.1) is 5.69 Å². The van der Waals surface area contributed by atoms with Gasteiger partial charge in [0.25, 0.3) is 5.91 Å². The number of nitrogens with one attached hydrogen (secondary N) is 2. The van der Waals surface area contributed by atoms with Crippen LogP contribution in [0.2, 0.25) is 0 Å². The lowest BCUT2D eigenvalue weighted by Gasteiger charge is -2.08. The smallest absolute Gasteiger partial charge is 0.339 e. The second-order valence-corrected chi connectivity index (χ2v) is 3.88. The normalized spacial score (nSPS) is 10.0. The van der Waals surface area contributed by atoms with Crippen molar-refractivity contribution in [3.8, 4) is 5.75 Å². The number of rotatable bonds is 3. The Bertz CT molecular complexity index is 736. The molecule has 1 heterocycles. The fourth-order valence-corrected chi connectivity index (χ4v) is 1.60. The third-order valence-corrected chi connectivity index (χ3v) is 2.58. The SMILES string of the molecule is O=C(O)c1cccc(NC(=O)c2c[nH]ccc2=O)c1O. The Balaban J connectivity index is 2.34. The molecule has 7 nitrogen and oxygen atoms in total. The summed E-state index contributed by atoms with van der Waals surface area (Å²) in [6.07, 6.45) is 2.59. The van der Waals surface area contributed by atoms with Crippen molar-refractivity contribution >= 4 is 17.6 Å². The largest absolute Gasteiger partial charge is 0.505 e. The van der Waals surface area contributed by atoms with Gasteiger partial charge in [-0.05, 0) is 12.1 Å². The fraction of sp³-hybridized carbons (Fsp3) is 0. The molecule has 0 aliphatic heterocycles. The van der Waals surface area contributed by atoms with E-state index >= 15 is 0 Å². The summed E-state index contributed by atoms with van der Waals surface area (Å²) in [6.45, 7) is 0. The molecule has 1 amide bonds. The average molecular weight is 274 g/mol. The highest BCUT2D eigenvalue weighted by atomic mass is 16.4. The maximum absolute atomic E-state index is 11.9. The number of carbonyl (C=O) groups is 2. The number of carboxylic acid groups (broad SMARTS) is 1. The van der Waals surface area contributed by atoms with E-state index in [9.17, 15) is 19.5 Å². The van der Waals surface area contributed by atoms with Crippen molar-refractivity contribution in [1.82, 2.24) is 4.98 Å². The summed E-state index contributed by atoms with van der Waals surface area (Å²) < 4.78 is 0. The van der Waals surface area contributed by atoms with E-state index in [1.807, 2.05) is 0 Å². The van der Waals surface area contributed by atoms with E-state index in [-0.39, 0.29) is 16.8 Å². The van der Waals surface area contributed by atoms with Crippen molar-refractivity contribution in [2.24, 2.45) is 0 Å². The molecule has 0 unspecified atom stereocenters. The summed E-state index contributed by atoms with van der Waals surface area (Å²) in [4.78, 5) is 36.8. The number of carbonyl (C=O) groups excluding carboxylic acids is 1. The fourth-order valence-electron chi connectivity index (χ4n) is 1.60. The second-order valence-electron chi connectivity index (χ2n) is 3.88. The second kappa shape index (κ2) is 5.27. The third-order valence-electron chi connectivity index (χ3n) is 2.58. The Morgan fingerprint density at radius 1 is 1.15 bits per heavy atom. The van der Waals surface area contributed by atoms with Gasteiger partial charge in [-0.3, -0.25) is 9.59 Å². The van der Waals surface area contributed by atoms with Crippen LogP contribution in [0.1, 0.15) is 20.7 Å². The molecule has 0 saturated carbocycles. The molecule has 0 spiro atoms. The van der Waals surface area contributed by atoms with Crippen LogP contribution >= 0.6 is 0 Å². The van der Waals surface area contributed by atoms with Gasteiger partial charge >= 0.3 is 5.97 Å². The molecule has 20 heavy (non-hydrogen) atoms. The molecule has 2 rings (SSSR count). The summed E-state index contributed by atoms with van der Waals surface area (Å²) in [5.41, 5.74) is -1.06. The summed E-state index contributed by atoms with van der Waals surface area (Å²) >= 11 is 0. The van der Waals surface area contributed by atoms with E-state index in [1.54, 1.807) is 0 Å². The van der Waals surface area contributed by atoms with Crippen LogP contribution in [0.5, 0.6) is 5.75 Å². The van der Waals surface area contributed by atoms with Crippen LogP contribution < -0.4 is 10.7 Å². The summed E-state index contributed by atoms with van der Waals surface area (Å²) in [7, 11) is 0. The number of H-pyrrole nitrogens is 1. The molecule has 0 aliphatic carbocycles. The van der Waals surface area contributed by atoms with Crippen LogP contribution in [-0.2, 0) is 0 Å². The molecule has 7 heteroatoms. The highest BCUT2D eigenvalue weighted by molar-refractivity contribution is 6.06. The molecule has 4 N–H and O–H groups in total. The van der Waals surface area contributed by atoms with Gasteiger partial charge in [-0.1, -0.05) is 6.07 Å². The van der Waals surface area contributed by atoms with Crippen molar-refractivity contribution in [1.29, 1.82) is 0 Å². The number of aromatic carboxylic acids is 1. The molecule has 0 fully saturated rings. The molecule has 1 aromatic carbocycles. The molecular weight excluding hydrogens is 264 g/mol. The van der Waals surface area contributed by atoms with Crippen molar-refractivity contribution in [2.75, 3.05) is 5.32 Å².